The molecule has 1 rings (SSSR count). The van der Waals surface area contributed by atoms with E-state index >= 15 is 0 Å². The van der Waals surface area contributed by atoms with Crippen molar-refractivity contribution >= 4 is 19.8 Å². The van der Waals surface area contributed by atoms with Crippen LogP contribution in [0.2, 0.25) is 0 Å². The van der Waals surface area contributed by atoms with E-state index in [-0.39, 0.29) is 0 Å². The van der Waals surface area contributed by atoms with E-state index in [1.165, 1.54) is 12.1 Å². The van der Waals surface area contributed by atoms with Crippen LogP contribution in [0.4, 0.5) is 17.6 Å². The van der Waals surface area contributed by atoms with Crippen LogP contribution in [0, 0.1) is 5.82 Å². The standard InChI is InChI=1S/C10H11F4NO3S2/c1-19(16,9-5-3-2-4-8(9)11)15-20(17,18)7-6-10(12,13)14/h2-5H,6-7H2,1H3. The molecule has 0 fully saturated rings. The van der Waals surface area contributed by atoms with Gasteiger partial charge in [0.2, 0.25) is 0 Å². The molecule has 20 heavy (non-hydrogen) atoms. The van der Waals surface area contributed by atoms with Crippen molar-refractivity contribution in [1.82, 2.24) is 0 Å². The second-order valence-electron chi connectivity index (χ2n) is 3.96. The van der Waals surface area contributed by atoms with Crippen molar-refractivity contribution in [3.05, 3.63) is 30.1 Å². The lowest BCUT2D eigenvalue weighted by Crippen LogP contribution is -2.16. The molecular weight excluding hydrogens is 322 g/mol. The smallest absolute Gasteiger partial charge is 0.244 e. The van der Waals surface area contributed by atoms with Crippen LogP contribution in [0.15, 0.2) is 32.9 Å². The Morgan fingerprint density at radius 2 is 1.70 bits per heavy atom. The Labute approximate surface area is 114 Å². The van der Waals surface area contributed by atoms with Crippen LogP contribution in [-0.4, -0.2) is 30.8 Å². The monoisotopic (exact) mass is 333 g/mol. The van der Waals surface area contributed by atoms with Gasteiger partial charge in [-0.1, -0.05) is 12.1 Å². The number of benzene rings is 1. The van der Waals surface area contributed by atoms with Crippen LogP contribution in [0.3, 0.4) is 0 Å². The van der Waals surface area contributed by atoms with Crippen LogP contribution in [0.1, 0.15) is 6.42 Å². The summed E-state index contributed by atoms with van der Waals surface area (Å²) in [4.78, 5) is -0.462. The van der Waals surface area contributed by atoms with E-state index in [0.717, 1.165) is 18.4 Å². The number of alkyl halides is 3. The summed E-state index contributed by atoms with van der Waals surface area (Å²) in [7, 11) is -8.25. The minimum absolute atomic E-state index is 0.462. The highest BCUT2D eigenvalue weighted by Gasteiger charge is 2.30. The summed E-state index contributed by atoms with van der Waals surface area (Å²) in [6, 6.07) is 4.64. The van der Waals surface area contributed by atoms with Crippen LogP contribution in [0.5, 0.6) is 0 Å². The summed E-state index contributed by atoms with van der Waals surface area (Å²) in [6.45, 7) is 0. The van der Waals surface area contributed by atoms with Crippen LogP contribution in [0.25, 0.3) is 0 Å². The van der Waals surface area contributed by atoms with Gasteiger partial charge in [-0.2, -0.15) is 13.2 Å². The summed E-state index contributed by atoms with van der Waals surface area (Å²) >= 11 is 0. The third-order valence-corrected chi connectivity index (χ3v) is 6.06. The number of halogens is 4. The highest BCUT2D eigenvalue weighted by atomic mass is 32.3. The summed E-state index contributed by atoms with van der Waals surface area (Å²) in [5, 5.41) is 0. The van der Waals surface area contributed by atoms with Crippen molar-refractivity contribution < 1.29 is 30.2 Å². The average Bonchev–Trinajstić information content (AvgIpc) is 2.24. The zero-order chi connectivity index (χ0) is 15.6. The Hall–Kier alpha value is -1.16. The number of rotatable bonds is 4. The molecule has 0 aliphatic rings. The largest absolute Gasteiger partial charge is 0.390 e. The molecular formula is C10H11F4NO3S2. The summed E-state index contributed by atoms with van der Waals surface area (Å²) in [5.41, 5.74) is 0. The molecule has 0 spiro atoms. The fourth-order valence-electron chi connectivity index (χ4n) is 1.29. The second kappa shape index (κ2) is 5.68. The SMILES string of the molecule is CS(=O)(=NS(=O)(=O)CCC(F)(F)F)c1ccccc1F. The minimum atomic E-state index is -4.67. The Kier molecular flexibility index (Phi) is 4.80. The van der Waals surface area contributed by atoms with Crippen molar-refractivity contribution in [1.29, 1.82) is 0 Å². The lowest BCUT2D eigenvalue weighted by Gasteiger charge is -2.07. The lowest BCUT2D eigenvalue weighted by atomic mass is 10.4. The first kappa shape index (κ1) is 16.9. The number of sulfonamides is 1. The van der Waals surface area contributed by atoms with Crippen LogP contribution >= 0.6 is 0 Å². The molecule has 4 nitrogen and oxygen atoms in total. The van der Waals surface area contributed by atoms with Crippen LogP contribution in [-0.2, 0) is 19.8 Å². The van der Waals surface area contributed by atoms with Crippen molar-refractivity contribution in [3.8, 4) is 0 Å². The number of hydrogen-bond donors (Lipinski definition) is 0. The van der Waals surface area contributed by atoms with Crippen molar-refractivity contribution in [2.24, 2.45) is 3.77 Å². The molecule has 1 aromatic rings. The van der Waals surface area contributed by atoms with E-state index in [1.54, 1.807) is 0 Å². The molecule has 0 heterocycles. The minimum Gasteiger partial charge on any atom is -0.244 e. The molecule has 0 N–H and O–H groups in total. The van der Waals surface area contributed by atoms with Gasteiger partial charge in [-0.05, 0) is 12.1 Å². The average molecular weight is 333 g/mol. The third-order valence-electron chi connectivity index (χ3n) is 2.14. The van der Waals surface area contributed by atoms with Gasteiger partial charge < -0.3 is 0 Å². The molecule has 0 aliphatic carbocycles. The van der Waals surface area contributed by atoms with E-state index in [1.807, 2.05) is 0 Å². The van der Waals surface area contributed by atoms with E-state index in [4.69, 9.17) is 0 Å². The van der Waals surface area contributed by atoms with Crippen molar-refractivity contribution in [2.75, 3.05) is 12.0 Å². The predicted molar refractivity (Wildman–Crippen MR) is 65.6 cm³/mol. The molecule has 0 amide bonds. The molecule has 1 unspecified atom stereocenters. The van der Waals surface area contributed by atoms with Gasteiger partial charge in [0.25, 0.3) is 10.0 Å². The third kappa shape index (κ3) is 5.08. The molecule has 0 radical (unpaired) electrons. The molecule has 0 saturated heterocycles. The van der Waals surface area contributed by atoms with Gasteiger partial charge in [-0.25, -0.2) is 17.0 Å². The molecule has 0 aliphatic heterocycles. The maximum absolute atomic E-state index is 13.4. The maximum atomic E-state index is 13.4. The quantitative estimate of drug-likeness (QED) is 0.796. The number of hydrogen-bond acceptors (Lipinski definition) is 3. The van der Waals surface area contributed by atoms with Gasteiger partial charge in [0.1, 0.15) is 5.82 Å². The molecule has 0 aromatic heterocycles. The molecule has 1 aromatic carbocycles. The van der Waals surface area contributed by atoms with E-state index in [2.05, 4.69) is 3.77 Å². The van der Waals surface area contributed by atoms with Crippen LogP contribution < -0.4 is 0 Å². The second-order valence-corrected chi connectivity index (χ2v) is 8.17. The van der Waals surface area contributed by atoms with Gasteiger partial charge in [-0.3, -0.25) is 0 Å². The van der Waals surface area contributed by atoms with Gasteiger partial charge in [0.05, 0.1) is 26.8 Å². The molecule has 114 valence electrons. The fourth-order valence-corrected chi connectivity index (χ4v) is 4.89. The molecule has 0 saturated carbocycles. The fraction of sp³-hybridized carbons (Fsp3) is 0.400. The van der Waals surface area contributed by atoms with Crippen molar-refractivity contribution in [2.45, 2.75) is 17.5 Å². The molecule has 1 atom stereocenters. The zero-order valence-corrected chi connectivity index (χ0v) is 11.9. The predicted octanol–water partition coefficient (Wildman–Crippen LogP) is 2.56. The summed E-state index contributed by atoms with van der Waals surface area (Å²) in [6.07, 6.45) is -5.42. The van der Waals surface area contributed by atoms with E-state index in [0.29, 0.717) is 0 Å². The van der Waals surface area contributed by atoms with Crippen molar-refractivity contribution in [3.63, 3.8) is 0 Å². The van der Waals surface area contributed by atoms with Gasteiger partial charge in [0.15, 0.2) is 0 Å². The summed E-state index contributed by atoms with van der Waals surface area (Å²) in [5.74, 6) is -2.26. The Morgan fingerprint density at radius 3 is 2.20 bits per heavy atom. The topological polar surface area (TPSA) is 63.6 Å². The Balaban J connectivity index is 3.15. The maximum Gasteiger partial charge on any atom is 0.390 e. The van der Waals surface area contributed by atoms with E-state index < -0.39 is 48.8 Å². The highest BCUT2D eigenvalue weighted by molar-refractivity contribution is 8.02. The first-order chi connectivity index (χ1) is 8.93. The lowest BCUT2D eigenvalue weighted by molar-refractivity contribution is -0.129. The normalized spacial score (nSPS) is 15.7. The first-order valence-electron chi connectivity index (χ1n) is 5.20. The Morgan fingerprint density at radius 1 is 1.15 bits per heavy atom. The first-order valence-corrected chi connectivity index (χ1v) is 8.74. The Bertz CT molecular complexity index is 703. The van der Waals surface area contributed by atoms with Gasteiger partial charge >= 0.3 is 6.18 Å². The van der Waals surface area contributed by atoms with Gasteiger partial charge in [0, 0.05) is 6.26 Å². The van der Waals surface area contributed by atoms with Gasteiger partial charge in [-0.15, -0.1) is 3.77 Å². The number of nitrogens with zero attached hydrogens (tertiary/aromatic N) is 1. The zero-order valence-electron chi connectivity index (χ0n) is 10.2. The van der Waals surface area contributed by atoms with E-state index in [9.17, 15) is 30.2 Å². The molecule has 10 heteroatoms. The summed E-state index contributed by atoms with van der Waals surface area (Å²) < 4.78 is 87.2. The molecule has 0 bridgehead atoms. The highest BCUT2D eigenvalue weighted by Crippen LogP contribution is 2.22.